The molecule has 28 heavy (non-hydrogen) atoms. The minimum atomic E-state index is -0.112. The zero-order valence-corrected chi connectivity index (χ0v) is 16.3. The van der Waals surface area contributed by atoms with Crippen LogP contribution in [0.2, 0.25) is 0 Å². The number of piperazine rings is 1. The number of aromatic nitrogens is 1. The summed E-state index contributed by atoms with van der Waals surface area (Å²) in [5.41, 5.74) is 3.59. The highest BCUT2D eigenvalue weighted by molar-refractivity contribution is 5.95. The van der Waals surface area contributed by atoms with E-state index in [2.05, 4.69) is 36.5 Å². The summed E-state index contributed by atoms with van der Waals surface area (Å²) >= 11 is 0. The zero-order chi connectivity index (χ0) is 19.7. The second-order valence-corrected chi connectivity index (χ2v) is 7.32. The van der Waals surface area contributed by atoms with Crippen LogP contribution in [0.4, 0.5) is 0 Å². The van der Waals surface area contributed by atoms with Gasteiger partial charge >= 0.3 is 0 Å². The highest BCUT2D eigenvalue weighted by atomic mass is 16.2. The van der Waals surface area contributed by atoms with Crippen molar-refractivity contribution >= 4 is 16.8 Å². The number of pyridine rings is 1. The molecule has 1 aliphatic heterocycles. The normalized spacial score (nSPS) is 17.1. The van der Waals surface area contributed by atoms with Crippen molar-refractivity contribution in [3.63, 3.8) is 0 Å². The lowest BCUT2D eigenvalue weighted by Crippen LogP contribution is -2.49. The number of rotatable bonds is 3. The number of carbonyl (C=O) groups excluding carboxylic acids is 1. The first kappa shape index (κ1) is 18.4. The standard InChI is InChI=1S/C23H25N3O2/c1-3-16-8-10-17(11-9-16)19-15-26(13-12-24-19)23(28)21-14-22(27)18-6-4-5-7-20(18)25(21)2/h4-11,14,19,24H,3,12-13,15H2,1-2H3. The van der Waals surface area contributed by atoms with E-state index >= 15 is 0 Å². The average Bonchev–Trinajstić information content (AvgIpc) is 2.76. The topological polar surface area (TPSA) is 54.3 Å². The van der Waals surface area contributed by atoms with Gasteiger partial charge in [0.15, 0.2) is 5.43 Å². The zero-order valence-electron chi connectivity index (χ0n) is 16.3. The number of nitrogens with zero attached hydrogens (tertiary/aromatic N) is 2. The van der Waals surface area contributed by atoms with Crippen LogP contribution in [0.5, 0.6) is 0 Å². The van der Waals surface area contributed by atoms with Gasteiger partial charge in [-0.3, -0.25) is 9.59 Å². The summed E-state index contributed by atoms with van der Waals surface area (Å²) in [6.45, 7) is 4.09. The number of nitrogens with one attached hydrogen (secondary N) is 1. The van der Waals surface area contributed by atoms with Crippen molar-refractivity contribution in [3.05, 3.63) is 81.6 Å². The molecular weight excluding hydrogens is 350 g/mol. The van der Waals surface area contributed by atoms with E-state index < -0.39 is 0 Å². The molecule has 144 valence electrons. The van der Waals surface area contributed by atoms with Gasteiger partial charge in [0.05, 0.1) is 5.52 Å². The summed E-state index contributed by atoms with van der Waals surface area (Å²) in [6, 6.07) is 17.5. The molecule has 0 spiro atoms. The molecule has 4 rings (SSSR count). The molecule has 1 saturated heterocycles. The van der Waals surface area contributed by atoms with E-state index in [-0.39, 0.29) is 17.4 Å². The maximum Gasteiger partial charge on any atom is 0.270 e. The van der Waals surface area contributed by atoms with Gasteiger partial charge in [-0.05, 0) is 29.7 Å². The fraction of sp³-hybridized carbons (Fsp3) is 0.304. The monoisotopic (exact) mass is 375 g/mol. The molecule has 5 nitrogen and oxygen atoms in total. The first-order valence-electron chi connectivity index (χ1n) is 9.78. The SMILES string of the molecule is CCc1ccc(C2CN(C(=O)c3cc(=O)c4ccccc4n3C)CCN2)cc1. The van der Waals surface area contributed by atoms with E-state index in [1.165, 1.54) is 17.2 Å². The van der Waals surface area contributed by atoms with Crippen molar-refractivity contribution in [2.45, 2.75) is 19.4 Å². The van der Waals surface area contributed by atoms with E-state index in [0.29, 0.717) is 24.2 Å². The molecule has 0 radical (unpaired) electrons. The Morgan fingerprint density at radius 3 is 2.64 bits per heavy atom. The predicted molar refractivity (Wildman–Crippen MR) is 112 cm³/mol. The van der Waals surface area contributed by atoms with Crippen LogP contribution < -0.4 is 10.7 Å². The van der Waals surface area contributed by atoms with Gasteiger partial charge in [0, 0.05) is 44.2 Å². The first-order valence-corrected chi connectivity index (χ1v) is 9.78. The van der Waals surface area contributed by atoms with Gasteiger partial charge in [-0.1, -0.05) is 43.3 Å². The Bertz CT molecular complexity index is 1070. The highest BCUT2D eigenvalue weighted by Gasteiger charge is 2.26. The summed E-state index contributed by atoms with van der Waals surface area (Å²) in [4.78, 5) is 27.6. The van der Waals surface area contributed by atoms with Crippen molar-refractivity contribution in [3.8, 4) is 0 Å². The van der Waals surface area contributed by atoms with E-state index in [9.17, 15) is 9.59 Å². The van der Waals surface area contributed by atoms with Gasteiger partial charge in [-0.25, -0.2) is 0 Å². The Hall–Kier alpha value is -2.92. The summed E-state index contributed by atoms with van der Waals surface area (Å²) in [6.07, 6.45) is 1.01. The summed E-state index contributed by atoms with van der Waals surface area (Å²) < 4.78 is 1.83. The number of carbonyl (C=O) groups is 1. The van der Waals surface area contributed by atoms with E-state index in [4.69, 9.17) is 0 Å². The maximum absolute atomic E-state index is 13.2. The molecule has 0 saturated carbocycles. The van der Waals surface area contributed by atoms with E-state index in [1.54, 1.807) is 6.07 Å². The molecule has 1 aliphatic rings. The average molecular weight is 375 g/mol. The van der Waals surface area contributed by atoms with Crippen molar-refractivity contribution in [2.24, 2.45) is 7.05 Å². The maximum atomic E-state index is 13.2. The molecule has 0 aliphatic carbocycles. The largest absolute Gasteiger partial charge is 0.339 e. The third kappa shape index (κ3) is 3.34. The molecule has 1 aromatic heterocycles. The molecule has 1 amide bonds. The fourth-order valence-electron chi connectivity index (χ4n) is 3.91. The van der Waals surface area contributed by atoms with Gasteiger partial charge in [-0.2, -0.15) is 0 Å². The second kappa shape index (κ2) is 7.60. The lowest BCUT2D eigenvalue weighted by Gasteiger charge is -2.34. The highest BCUT2D eigenvalue weighted by Crippen LogP contribution is 2.20. The van der Waals surface area contributed by atoms with Crippen LogP contribution >= 0.6 is 0 Å². The van der Waals surface area contributed by atoms with Gasteiger partial charge < -0.3 is 14.8 Å². The molecule has 1 N–H and O–H groups in total. The molecule has 3 aromatic rings. The Morgan fingerprint density at radius 2 is 1.89 bits per heavy atom. The van der Waals surface area contributed by atoms with Crippen molar-refractivity contribution in [2.75, 3.05) is 19.6 Å². The van der Waals surface area contributed by atoms with Gasteiger partial charge in [0.2, 0.25) is 0 Å². The summed E-state index contributed by atoms with van der Waals surface area (Å²) in [5, 5.41) is 4.14. The van der Waals surface area contributed by atoms with Crippen LogP contribution in [0.1, 0.15) is 34.6 Å². The number of fused-ring (bicyclic) bond motifs is 1. The van der Waals surface area contributed by atoms with Crippen LogP contribution in [-0.4, -0.2) is 35.0 Å². The molecule has 1 fully saturated rings. The Labute approximate surface area is 164 Å². The van der Waals surface area contributed by atoms with Crippen molar-refractivity contribution in [1.82, 2.24) is 14.8 Å². The number of aryl methyl sites for hydroxylation is 2. The summed E-state index contributed by atoms with van der Waals surface area (Å²) in [5.74, 6) is -0.0953. The van der Waals surface area contributed by atoms with E-state index in [0.717, 1.165) is 18.5 Å². The second-order valence-electron chi connectivity index (χ2n) is 7.32. The van der Waals surface area contributed by atoms with Crippen molar-refractivity contribution in [1.29, 1.82) is 0 Å². The molecular formula is C23H25N3O2. The van der Waals surface area contributed by atoms with Crippen LogP contribution in [0, 0.1) is 0 Å². The Morgan fingerprint density at radius 1 is 1.14 bits per heavy atom. The quantitative estimate of drug-likeness (QED) is 0.766. The molecule has 0 bridgehead atoms. The number of amides is 1. The van der Waals surface area contributed by atoms with Gasteiger partial charge in [0.1, 0.15) is 5.69 Å². The number of hydrogen-bond acceptors (Lipinski definition) is 3. The van der Waals surface area contributed by atoms with E-state index in [1.807, 2.05) is 34.7 Å². The minimum absolute atomic E-state index is 0.0953. The Kier molecular flexibility index (Phi) is 5.01. The van der Waals surface area contributed by atoms with Gasteiger partial charge in [0.25, 0.3) is 5.91 Å². The van der Waals surface area contributed by atoms with Crippen LogP contribution in [0.25, 0.3) is 10.9 Å². The lowest BCUT2D eigenvalue weighted by molar-refractivity contribution is 0.0693. The number of benzene rings is 2. The minimum Gasteiger partial charge on any atom is -0.339 e. The molecule has 5 heteroatoms. The van der Waals surface area contributed by atoms with Crippen LogP contribution in [0.3, 0.4) is 0 Å². The molecule has 1 unspecified atom stereocenters. The lowest BCUT2D eigenvalue weighted by atomic mass is 10.0. The smallest absolute Gasteiger partial charge is 0.270 e. The fourth-order valence-corrected chi connectivity index (χ4v) is 3.91. The third-order valence-electron chi connectivity index (χ3n) is 5.63. The molecule has 1 atom stereocenters. The van der Waals surface area contributed by atoms with Crippen molar-refractivity contribution < 1.29 is 4.79 Å². The number of para-hydroxylation sites is 1. The van der Waals surface area contributed by atoms with Crippen LogP contribution in [0.15, 0.2) is 59.4 Å². The third-order valence-corrected chi connectivity index (χ3v) is 5.63. The summed E-state index contributed by atoms with van der Waals surface area (Å²) in [7, 11) is 1.85. The molecule has 2 aromatic carbocycles. The Balaban J connectivity index is 1.62. The predicted octanol–water partition coefficient (Wildman–Crippen LogP) is 2.89. The molecule has 2 heterocycles. The first-order chi connectivity index (χ1) is 13.6. The van der Waals surface area contributed by atoms with Gasteiger partial charge in [-0.15, -0.1) is 0 Å². The number of hydrogen-bond donors (Lipinski definition) is 1. The van der Waals surface area contributed by atoms with Crippen LogP contribution in [-0.2, 0) is 13.5 Å².